The number of hydrogen-bond donors (Lipinski definition) is 2. The number of carbonyl (C=O) groups is 1. The third kappa shape index (κ3) is 4.06. The molecule has 0 atom stereocenters. The van der Waals surface area contributed by atoms with E-state index in [2.05, 4.69) is 31.3 Å². The molecule has 1 amide bonds. The summed E-state index contributed by atoms with van der Waals surface area (Å²) < 4.78 is 2.58. The standard InChI is InChI=1S/C18H17BrN4O2/c1-11-6-12(2)23(22-11)10-13-4-3-5-14(7-13)17(24)21-16-8-15(19)9-20-18(16)25/h3-9H,10H2,1-2H3,(H,20,25)(H,21,24). The third-order valence-corrected chi connectivity index (χ3v) is 4.20. The van der Waals surface area contributed by atoms with E-state index in [4.69, 9.17) is 0 Å². The third-order valence-electron chi connectivity index (χ3n) is 3.74. The Hall–Kier alpha value is -2.67. The van der Waals surface area contributed by atoms with Crippen LogP contribution in [-0.4, -0.2) is 20.7 Å². The van der Waals surface area contributed by atoms with E-state index in [-0.39, 0.29) is 17.2 Å². The number of carbonyl (C=O) groups excluding carboxylic acids is 1. The number of amides is 1. The van der Waals surface area contributed by atoms with Gasteiger partial charge >= 0.3 is 0 Å². The predicted octanol–water partition coefficient (Wildman–Crippen LogP) is 3.25. The van der Waals surface area contributed by atoms with Crippen molar-refractivity contribution in [3.63, 3.8) is 0 Å². The van der Waals surface area contributed by atoms with E-state index in [1.54, 1.807) is 18.2 Å². The van der Waals surface area contributed by atoms with Gasteiger partial charge in [0.05, 0.1) is 12.2 Å². The van der Waals surface area contributed by atoms with E-state index in [0.29, 0.717) is 16.6 Å². The summed E-state index contributed by atoms with van der Waals surface area (Å²) >= 11 is 3.27. The second-order valence-corrected chi connectivity index (χ2v) is 6.72. The van der Waals surface area contributed by atoms with Gasteiger partial charge in [0, 0.05) is 21.9 Å². The fraction of sp³-hybridized carbons (Fsp3) is 0.167. The first-order valence-corrected chi connectivity index (χ1v) is 8.51. The maximum Gasteiger partial charge on any atom is 0.271 e. The highest BCUT2D eigenvalue weighted by molar-refractivity contribution is 9.10. The number of aromatic amines is 1. The van der Waals surface area contributed by atoms with Crippen LogP contribution in [0.4, 0.5) is 5.69 Å². The van der Waals surface area contributed by atoms with E-state index < -0.39 is 0 Å². The minimum atomic E-state index is -0.352. The van der Waals surface area contributed by atoms with Crippen molar-refractivity contribution < 1.29 is 4.79 Å². The molecule has 0 unspecified atom stereocenters. The Morgan fingerprint density at radius 2 is 2.08 bits per heavy atom. The highest BCUT2D eigenvalue weighted by atomic mass is 79.9. The zero-order chi connectivity index (χ0) is 18.0. The molecular formula is C18H17BrN4O2. The maximum absolute atomic E-state index is 12.5. The smallest absolute Gasteiger partial charge is 0.271 e. The highest BCUT2D eigenvalue weighted by Gasteiger charge is 2.10. The average molecular weight is 401 g/mol. The Kier molecular flexibility index (Phi) is 4.85. The fourth-order valence-corrected chi connectivity index (χ4v) is 2.91. The number of pyridine rings is 1. The quantitative estimate of drug-likeness (QED) is 0.705. The second kappa shape index (κ2) is 7.06. The Labute approximate surface area is 153 Å². The molecule has 128 valence electrons. The Bertz CT molecular complexity index is 991. The molecule has 3 rings (SSSR count). The van der Waals surface area contributed by atoms with Crippen molar-refractivity contribution in [2.24, 2.45) is 0 Å². The number of anilines is 1. The largest absolute Gasteiger partial charge is 0.326 e. The molecule has 2 N–H and O–H groups in total. The van der Waals surface area contributed by atoms with Crippen molar-refractivity contribution in [1.29, 1.82) is 0 Å². The summed E-state index contributed by atoms with van der Waals surface area (Å²) in [6.07, 6.45) is 1.52. The van der Waals surface area contributed by atoms with Crippen LogP contribution in [0, 0.1) is 13.8 Å². The van der Waals surface area contributed by atoms with Crippen molar-refractivity contribution in [1.82, 2.24) is 14.8 Å². The lowest BCUT2D eigenvalue weighted by atomic mass is 10.1. The van der Waals surface area contributed by atoms with Crippen molar-refractivity contribution in [2.45, 2.75) is 20.4 Å². The lowest BCUT2D eigenvalue weighted by Crippen LogP contribution is -2.19. The molecule has 0 spiro atoms. The monoisotopic (exact) mass is 400 g/mol. The molecule has 0 fully saturated rings. The molecule has 7 heteroatoms. The van der Waals surface area contributed by atoms with Gasteiger partial charge in [-0.3, -0.25) is 14.3 Å². The number of aryl methyl sites for hydroxylation is 2. The van der Waals surface area contributed by atoms with Gasteiger partial charge in [-0.15, -0.1) is 0 Å². The molecule has 0 saturated carbocycles. The molecular weight excluding hydrogens is 384 g/mol. The molecule has 2 heterocycles. The van der Waals surface area contributed by atoms with Crippen LogP contribution >= 0.6 is 15.9 Å². The number of rotatable bonds is 4. The van der Waals surface area contributed by atoms with Crippen LogP contribution in [0.3, 0.4) is 0 Å². The highest BCUT2D eigenvalue weighted by Crippen LogP contribution is 2.13. The maximum atomic E-state index is 12.5. The molecule has 0 bridgehead atoms. The van der Waals surface area contributed by atoms with Crippen molar-refractivity contribution in [3.8, 4) is 0 Å². The van der Waals surface area contributed by atoms with E-state index in [1.807, 2.05) is 36.7 Å². The van der Waals surface area contributed by atoms with Crippen molar-refractivity contribution in [2.75, 3.05) is 5.32 Å². The minimum Gasteiger partial charge on any atom is -0.326 e. The van der Waals surface area contributed by atoms with Crippen LogP contribution in [0.5, 0.6) is 0 Å². The number of benzene rings is 1. The van der Waals surface area contributed by atoms with Gasteiger partial charge in [0.15, 0.2) is 0 Å². The van der Waals surface area contributed by atoms with E-state index in [0.717, 1.165) is 17.0 Å². The number of H-pyrrole nitrogens is 1. The van der Waals surface area contributed by atoms with Gasteiger partial charge in [0.1, 0.15) is 5.69 Å². The number of hydrogen-bond acceptors (Lipinski definition) is 3. The molecule has 2 aromatic heterocycles. The van der Waals surface area contributed by atoms with E-state index in [1.165, 1.54) is 6.20 Å². The summed E-state index contributed by atoms with van der Waals surface area (Å²) in [5, 5.41) is 7.07. The van der Waals surface area contributed by atoms with Crippen LogP contribution in [0.2, 0.25) is 0 Å². The van der Waals surface area contributed by atoms with Gasteiger partial charge in [-0.2, -0.15) is 5.10 Å². The van der Waals surface area contributed by atoms with Crippen LogP contribution in [-0.2, 0) is 6.54 Å². The van der Waals surface area contributed by atoms with Gasteiger partial charge < -0.3 is 10.3 Å². The Balaban J connectivity index is 1.81. The molecule has 1 aromatic carbocycles. The predicted molar refractivity (Wildman–Crippen MR) is 100.0 cm³/mol. The SMILES string of the molecule is Cc1cc(C)n(Cc2cccc(C(=O)Nc3cc(Br)c[nH]c3=O)c2)n1. The van der Waals surface area contributed by atoms with Gasteiger partial charge in [-0.1, -0.05) is 12.1 Å². The lowest BCUT2D eigenvalue weighted by molar-refractivity contribution is 0.102. The first-order chi connectivity index (χ1) is 11.9. The van der Waals surface area contributed by atoms with E-state index >= 15 is 0 Å². The average Bonchev–Trinajstić information content (AvgIpc) is 2.88. The molecule has 0 saturated heterocycles. The molecule has 0 aliphatic rings. The molecule has 0 aliphatic carbocycles. The second-order valence-electron chi connectivity index (χ2n) is 5.80. The zero-order valence-corrected chi connectivity index (χ0v) is 15.4. The summed E-state index contributed by atoms with van der Waals surface area (Å²) in [5.41, 5.74) is 3.31. The molecule has 3 aromatic rings. The van der Waals surface area contributed by atoms with Crippen LogP contribution in [0.25, 0.3) is 0 Å². The van der Waals surface area contributed by atoms with Crippen LogP contribution in [0.15, 0.2) is 51.9 Å². The lowest BCUT2D eigenvalue weighted by Gasteiger charge is -2.08. The van der Waals surface area contributed by atoms with Gasteiger partial charge in [0.25, 0.3) is 11.5 Å². The van der Waals surface area contributed by atoms with Crippen molar-refractivity contribution in [3.05, 3.63) is 79.9 Å². The Morgan fingerprint density at radius 1 is 1.28 bits per heavy atom. The van der Waals surface area contributed by atoms with E-state index in [9.17, 15) is 9.59 Å². The zero-order valence-electron chi connectivity index (χ0n) is 13.8. The fourth-order valence-electron chi connectivity index (χ4n) is 2.56. The molecule has 6 nitrogen and oxygen atoms in total. The summed E-state index contributed by atoms with van der Waals surface area (Å²) in [5.74, 6) is -0.334. The summed E-state index contributed by atoms with van der Waals surface area (Å²) in [4.78, 5) is 26.8. The molecule has 0 radical (unpaired) electrons. The Morgan fingerprint density at radius 3 is 2.80 bits per heavy atom. The summed E-state index contributed by atoms with van der Waals surface area (Å²) in [7, 11) is 0. The normalized spacial score (nSPS) is 10.7. The van der Waals surface area contributed by atoms with Gasteiger partial charge in [-0.25, -0.2) is 0 Å². The first kappa shape index (κ1) is 17.2. The molecule has 25 heavy (non-hydrogen) atoms. The number of nitrogens with zero attached hydrogens (tertiary/aromatic N) is 2. The van der Waals surface area contributed by atoms with Gasteiger partial charge in [-0.05, 0) is 59.6 Å². The van der Waals surface area contributed by atoms with Crippen LogP contribution in [0.1, 0.15) is 27.3 Å². The number of nitrogens with one attached hydrogen (secondary N) is 2. The number of halogens is 1. The first-order valence-electron chi connectivity index (χ1n) is 7.72. The minimum absolute atomic E-state index is 0.198. The van der Waals surface area contributed by atoms with Crippen molar-refractivity contribution >= 4 is 27.5 Å². The summed E-state index contributed by atoms with van der Waals surface area (Å²) in [6.45, 7) is 4.53. The van der Waals surface area contributed by atoms with Crippen LogP contribution < -0.4 is 10.9 Å². The topological polar surface area (TPSA) is 79.8 Å². The molecule has 0 aliphatic heterocycles. The summed E-state index contributed by atoms with van der Waals surface area (Å²) in [6, 6.07) is 10.9. The van der Waals surface area contributed by atoms with Gasteiger partial charge in [0.2, 0.25) is 0 Å². The number of aromatic nitrogens is 3.